The highest BCUT2D eigenvalue weighted by Crippen LogP contribution is 2.30. The Morgan fingerprint density at radius 1 is 1.37 bits per heavy atom. The van der Waals surface area contributed by atoms with E-state index in [9.17, 15) is 13.2 Å². The molecule has 1 aromatic carbocycles. The van der Waals surface area contributed by atoms with Crippen molar-refractivity contribution in [3.63, 3.8) is 0 Å². The first-order chi connectivity index (χ1) is 12.5. The first-order valence-electron chi connectivity index (χ1n) is 8.91. The van der Waals surface area contributed by atoms with Gasteiger partial charge in [0.15, 0.2) is 0 Å². The fourth-order valence-corrected chi connectivity index (χ4v) is 4.69. The maximum atomic E-state index is 13.0. The van der Waals surface area contributed by atoms with Crippen molar-refractivity contribution in [2.75, 3.05) is 44.8 Å². The molecule has 0 spiro atoms. The smallest absolute Gasteiger partial charge is 0.246 e. The molecule has 1 amide bonds. The quantitative estimate of drug-likeness (QED) is 0.719. The average Bonchev–Trinajstić information content (AvgIpc) is 3.19. The Hall–Kier alpha value is -1.39. The molecule has 1 unspecified atom stereocenters. The van der Waals surface area contributed by atoms with E-state index in [1.807, 2.05) is 0 Å². The summed E-state index contributed by atoms with van der Waals surface area (Å²) < 4.78 is 38.2. The number of sulfonamides is 1. The van der Waals surface area contributed by atoms with Gasteiger partial charge in [-0.15, -0.1) is 12.4 Å². The number of benzene rings is 1. The van der Waals surface area contributed by atoms with E-state index in [1.165, 1.54) is 10.4 Å². The zero-order valence-electron chi connectivity index (χ0n) is 15.3. The number of amides is 1. The molecule has 27 heavy (non-hydrogen) atoms. The van der Waals surface area contributed by atoms with Crippen molar-refractivity contribution in [1.29, 1.82) is 0 Å². The van der Waals surface area contributed by atoms with E-state index in [0.717, 1.165) is 19.4 Å². The van der Waals surface area contributed by atoms with Gasteiger partial charge >= 0.3 is 0 Å². The number of nitrogens with one attached hydrogen (secondary N) is 2. The first kappa shape index (κ1) is 21.9. The molecule has 10 heteroatoms. The Bertz CT molecular complexity index is 747. The molecule has 2 aliphatic rings. The van der Waals surface area contributed by atoms with Crippen LogP contribution in [0.5, 0.6) is 5.75 Å². The summed E-state index contributed by atoms with van der Waals surface area (Å²) in [5, 5.41) is 5.93. The summed E-state index contributed by atoms with van der Waals surface area (Å²) in [5.41, 5.74) is 0.444. The van der Waals surface area contributed by atoms with Crippen LogP contribution in [0.25, 0.3) is 0 Å². The molecule has 1 aromatic rings. The minimum Gasteiger partial charge on any atom is -0.492 e. The molecular weight excluding hydrogens is 394 g/mol. The predicted octanol–water partition coefficient (Wildman–Crippen LogP) is 1.22. The molecule has 3 rings (SSSR count). The van der Waals surface area contributed by atoms with Crippen LogP contribution in [0.4, 0.5) is 5.69 Å². The van der Waals surface area contributed by atoms with Gasteiger partial charge in [0, 0.05) is 18.8 Å². The second-order valence-corrected chi connectivity index (χ2v) is 8.16. The molecule has 2 aliphatic heterocycles. The Morgan fingerprint density at radius 2 is 2.11 bits per heavy atom. The molecule has 0 saturated carbocycles. The molecular formula is C17H26ClN3O5S. The second-order valence-electron chi connectivity index (χ2n) is 6.25. The van der Waals surface area contributed by atoms with Crippen LogP contribution in [0.15, 0.2) is 23.1 Å². The monoisotopic (exact) mass is 419 g/mol. The summed E-state index contributed by atoms with van der Waals surface area (Å²) in [6.07, 6.45) is 1.74. The van der Waals surface area contributed by atoms with Gasteiger partial charge in [0.2, 0.25) is 15.9 Å². The summed E-state index contributed by atoms with van der Waals surface area (Å²) >= 11 is 0. The largest absolute Gasteiger partial charge is 0.492 e. The van der Waals surface area contributed by atoms with Crippen LogP contribution in [0.3, 0.4) is 0 Å². The number of carbonyl (C=O) groups excluding carboxylic acids is 1. The second kappa shape index (κ2) is 9.70. The Morgan fingerprint density at radius 3 is 2.74 bits per heavy atom. The Labute approximate surface area is 166 Å². The van der Waals surface area contributed by atoms with E-state index >= 15 is 0 Å². The van der Waals surface area contributed by atoms with Crippen molar-refractivity contribution < 1.29 is 22.7 Å². The van der Waals surface area contributed by atoms with Gasteiger partial charge < -0.3 is 20.1 Å². The van der Waals surface area contributed by atoms with Gasteiger partial charge in [0.05, 0.1) is 25.9 Å². The number of carbonyl (C=O) groups is 1. The molecule has 2 N–H and O–H groups in total. The van der Waals surface area contributed by atoms with Gasteiger partial charge in [-0.05, 0) is 44.5 Å². The van der Waals surface area contributed by atoms with Crippen molar-refractivity contribution in [2.24, 2.45) is 0 Å². The van der Waals surface area contributed by atoms with Crippen molar-refractivity contribution in [2.45, 2.75) is 30.7 Å². The minimum atomic E-state index is -3.73. The molecule has 0 radical (unpaired) electrons. The molecule has 1 atom stereocenters. The lowest BCUT2D eigenvalue weighted by atomic mass is 10.2. The Balaban J connectivity index is 0.00000261. The number of halogens is 1. The predicted molar refractivity (Wildman–Crippen MR) is 104 cm³/mol. The number of hydrogen-bond donors (Lipinski definition) is 2. The lowest BCUT2D eigenvalue weighted by Gasteiger charge is -2.27. The molecule has 0 bridgehead atoms. The standard InChI is InChI=1S/C17H25N3O5S.ClH/c1-2-25-15-6-5-13(19-17(21)14-4-3-7-18-14)12-16(15)26(22,23)20-8-10-24-11-9-20;/h5-6,12,14,18H,2-4,7-11H2,1H3,(H,19,21);1H. The zero-order valence-corrected chi connectivity index (χ0v) is 16.9. The van der Waals surface area contributed by atoms with E-state index < -0.39 is 10.0 Å². The third-order valence-corrected chi connectivity index (χ3v) is 6.40. The number of nitrogens with zero attached hydrogens (tertiary/aromatic N) is 1. The lowest BCUT2D eigenvalue weighted by molar-refractivity contribution is -0.117. The molecule has 2 heterocycles. The fourth-order valence-electron chi connectivity index (χ4n) is 3.13. The highest BCUT2D eigenvalue weighted by atomic mass is 35.5. The van der Waals surface area contributed by atoms with Gasteiger partial charge in [-0.1, -0.05) is 0 Å². The van der Waals surface area contributed by atoms with Crippen LogP contribution in [-0.2, 0) is 19.6 Å². The highest BCUT2D eigenvalue weighted by Gasteiger charge is 2.30. The summed E-state index contributed by atoms with van der Waals surface area (Å²) in [6.45, 7) is 4.31. The molecule has 152 valence electrons. The zero-order chi connectivity index (χ0) is 18.6. The van der Waals surface area contributed by atoms with E-state index in [1.54, 1.807) is 19.1 Å². The van der Waals surface area contributed by atoms with Gasteiger partial charge in [-0.3, -0.25) is 4.79 Å². The third-order valence-electron chi connectivity index (χ3n) is 4.48. The van der Waals surface area contributed by atoms with Gasteiger partial charge in [-0.25, -0.2) is 8.42 Å². The molecule has 8 nitrogen and oxygen atoms in total. The van der Waals surface area contributed by atoms with Crippen molar-refractivity contribution in [3.8, 4) is 5.75 Å². The fraction of sp³-hybridized carbons (Fsp3) is 0.588. The molecule has 2 fully saturated rings. The van der Waals surface area contributed by atoms with Crippen LogP contribution in [0, 0.1) is 0 Å². The van der Waals surface area contributed by atoms with E-state index in [-0.39, 0.29) is 35.0 Å². The lowest BCUT2D eigenvalue weighted by Crippen LogP contribution is -2.40. The van der Waals surface area contributed by atoms with Gasteiger partial charge in [-0.2, -0.15) is 4.31 Å². The SMILES string of the molecule is CCOc1ccc(NC(=O)C2CCCN2)cc1S(=O)(=O)N1CCOCC1.Cl. The molecule has 2 saturated heterocycles. The third kappa shape index (κ3) is 5.11. The van der Waals surface area contributed by atoms with Crippen LogP contribution in [0.2, 0.25) is 0 Å². The normalized spacial score (nSPS) is 20.7. The van der Waals surface area contributed by atoms with E-state index in [0.29, 0.717) is 38.6 Å². The van der Waals surface area contributed by atoms with Crippen LogP contribution in [-0.4, -0.2) is 64.1 Å². The topological polar surface area (TPSA) is 97.0 Å². The molecule has 0 aliphatic carbocycles. The summed E-state index contributed by atoms with van der Waals surface area (Å²) in [6, 6.07) is 4.49. The molecule has 0 aromatic heterocycles. The average molecular weight is 420 g/mol. The summed E-state index contributed by atoms with van der Waals surface area (Å²) in [4.78, 5) is 12.4. The van der Waals surface area contributed by atoms with Gasteiger partial charge in [0.1, 0.15) is 10.6 Å². The minimum absolute atomic E-state index is 0. The van der Waals surface area contributed by atoms with Crippen LogP contribution < -0.4 is 15.4 Å². The maximum absolute atomic E-state index is 13.0. The van der Waals surface area contributed by atoms with Crippen LogP contribution in [0.1, 0.15) is 19.8 Å². The van der Waals surface area contributed by atoms with Crippen LogP contribution >= 0.6 is 12.4 Å². The Kier molecular flexibility index (Phi) is 7.87. The summed E-state index contributed by atoms with van der Waals surface area (Å²) in [7, 11) is -3.73. The highest BCUT2D eigenvalue weighted by molar-refractivity contribution is 7.89. The first-order valence-corrected chi connectivity index (χ1v) is 10.4. The van der Waals surface area contributed by atoms with Crippen molar-refractivity contribution >= 4 is 34.0 Å². The number of rotatable bonds is 6. The van der Waals surface area contributed by atoms with Gasteiger partial charge in [0.25, 0.3) is 0 Å². The number of ether oxygens (including phenoxy) is 2. The van der Waals surface area contributed by atoms with Crippen molar-refractivity contribution in [1.82, 2.24) is 9.62 Å². The number of hydrogen-bond acceptors (Lipinski definition) is 6. The van der Waals surface area contributed by atoms with E-state index in [4.69, 9.17) is 9.47 Å². The summed E-state index contributed by atoms with van der Waals surface area (Å²) in [5.74, 6) is 0.136. The van der Waals surface area contributed by atoms with Crippen molar-refractivity contribution in [3.05, 3.63) is 18.2 Å². The number of morpholine rings is 1. The van der Waals surface area contributed by atoms with E-state index in [2.05, 4.69) is 10.6 Å². The maximum Gasteiger partial charge on any atom is 0.246 e. The number of anilines is 1.